The summed E-state index contributed by atoms with van der Waals surface area (Å²) < 4.78 is 10.7. The Labute approximate surface area is 195 Å². The molecule has 0 fully saturated rings. The number of para-hydroxylation sites is 1. The highest BCUT2D eigenvalue weighted by Gasteiger charge is 2.26. The second kappa shape index (κ2) is 11.3. The van der Waals surface area contributed by atoms with E-state index in [9.17, 15) is 9.59 Å². The van der Waals surface area contributed by atoms with E-state index in [4.69, 9.17) is 21.1 Å². The monoisotopic (exact) mass is 460 g/mol. The number of methoxy groups -OCH3 is 1. The highest BCUT2D eigenvalue weighted by molar-refractivity contribution is 6.32. The number of carbonyl (C=O) groups excluding carboxylic acids is 2. The van der Waals surface area contributed by atoms with Crippen molar-refractivity contribution in [3.63, 3.8) is 0 Å². The second-order valence-corrected chi connectivity index (χ2v) is 9.38. The molecule has 0 aliphatic carbocycles. The Bertz CT molecular complexity index is 921. The fraction of sp³-hybridized carbons (Fsp3) is 0.440. The zero-order valence-corrected chi connectivity index (χ0v) is 20.4. The third-order valence-corrected chi connectivity index (χ3v) is 5.31. The Morgan fingerprint density at radius 2 is 1.69 bits per heavy atom. The lowest BCUT2D eigenvalue weighted by Crippen LogP contribution is -2.47. The number of ether oxygens (including phenoxy) is 2. The van der Waals surface area contributed by atoms with Crippen molar-refractivity contribution in [3.8, 4) is 5.75 Å². The van der Waals surface area contributed by atoms with Crippen LogP contribution < -0.4 is 15.4 Å². The standard InChI is InChI=1S/C25H33ClN2O4/c1-16(2)21(28-23(29)17-10-12-18(13-11-17)25(3,4)5)24(30)27-20-9-7-8-19(26)22(20)32-15-14-31-6/h7-13,16,21H,14-15H2,1-6H3,(H,27,30)(H,28,29). The van der Waals surface area contributed by atoms with E-state index in [2.05, 4.69) is 31.4 Å². The molecule has 6 nitrogen and oxygen atoms in total. The SMILES string of the molecule is COCCOc1c(Cl)cccc1NC(=O)C(NC(=O)c1ccc(C(C)(C)C)cc1)C(C)C. The van der Waals surface area contributed by atoms with Crippen LogP contribution in [0, 0.1) is 5.92 Å². The van der Waals surface area contributed by atoms with Crippen LogP contribution in [0.4, 0.5) is 5.69 Å². The Morgan fingerprint density at radius 1 is 1.03 bits per heavy atom. The van der Waals surface area contributed by atoms with Crippen molar-refractivity contribution in [2.45, 2.75) is 46.1 Å². The molecular weight excluding hydrogens is 428 g/mol. The van der Waals surface area contributed by atoms with Gasteiger partial charge in [0, 0.05) is 12.7 Å². The average Bonchev–Trinajstić information content (AvgIpc) is 2.73. The van der Waals surface area contributed by atoms with Crippen molar-refractivity contribution in [1.82, 2.24) is 5.32 Å². The van der Waals surface area contributed by atoms with Gasteiger partial charge in [-0.05, 0) is 41.2 Å². The van der Waals surface area contributed by atoms with Gasteiger partial charge < -0.3 is 20.1 Å². The molecule has 1 unspecified atom stereocenters. The number of anilines is 1. The lowest BCUT2D eigenvalue weighted by atomic mass is 9.86. The molecule has 2 aromatic rings. The summed E-state index contributed by atoms with van der Waals surface area (Å²) in [5, 5.41) is 6.07. The summed E-state index contributed by atoms with van der Waals surface area (Å²) in [5.41, 5.74) is 2.07. The molecule has 0 aliphatic heterocycles. The minimum atomic E-state index is -0.740. The van der Waals surface area contributed by atoms with Gasteiger partial charge in [0.1, 0.15) is 12.6 Å². The van der Waals surface area contributed by atoms with Crippen molar-refractivity contribution in [2.75, 3.05) is 25.6 Å². The molecule has 2 rings (SSSR count). The Kier molecular flexibility index (Phi) is 9.10. The number of hydrogen-bond acceptors (Lipinski definition) is 4. The maximum Gasteiger partial charge on any atom is 0.251 e. The van der Waals surface area contributed by atoms with Crippen molar-refractivity contribution >= 4 is 29.1 Å². The van der Waals surface area contributed by atoms with Crippen LogP contribution in [0.15, 0.2) is 42.5 Å². The molecule has 0 heterocycles. The number of hydrogen-bond donors (Lipinski definition) is 2. The van der Waals surface area contributed by atoms with Crippen LogP contribution in [-0.4, -0.2) is 38.2 Å². The lowest BCUT2D eigenvalue weighted by molar-refractivity contribution is -0.118. The molecule has 0 saturated heterocycles. The molecule has 7 heteroatoms. The number of carbonyl (C=O) groups is 2. The van der Waals surface area contributed by atoms with Crippen molar-refractivity contribution < 1.29 is 19.1 Å². The maximum absolute atomic E-state index is 13.1. The molecule has 0 aromatic heterocycles. The predicted molar refractivity (Wildman–Crippen MR) is 129 cm³/mol. The molecule has 0 bridgehead atoms. The molecule has 32 heavy (non-hydrogen) atoms. The number of amides is 2. The highest BCUT2D eigenvalue weighted by Crippen LogP contribution is 2.33. The van der Waals surface area contributed by atoms with E-state index in [-0.39, 0.29) is 29.8 Å². The van der Waals surface area contributed by atoms with Gasteiger partial charge in [-0.25, -0.2) is 0 Å². The van der Waals surface area contributed by atoms with Crippen LogP contribution >= 0.6 is 11.6 Å². The third-order valence-electron chi connectivity index (χ3n) is 5.01. The average molecular weight is 461 g/mol. The molecule has 0 aliphatic rings. The van der Waals surface area contributed by atoms with E-state index in [1.807, 2.05) is 26.0 Å². The molecule has 0 radical (unpaired) electrons. The minimum Gasteiger partial charge on any atom is -0.487 e. The van der Waals surface area contributed by atoms with Crippen LogP contribution in [0.2, 0.25) is 5.02 Å². The van der Waals surface area contributed by atoms with Gasteiger partial charge in [0.25, 0.3) is 5.91 Å². The molecule has 1 atom stereocenters. The molecule has 0 saturated carbocycles. The molecule has 0 spiro atoms. The van der Waals surface area contributed by atoms with E-state index >= 15 is 0 Å². The van der Waals surface area contributed by atoms with Crippen molar-refractivity contribution in [2.24, 2.45) is 5.92 Å². The van der Waals surface area contributed by atoms with Crippen LogP contribution in [-0.2, 0) is 14.9 Å². The summed E-state index contributed by atoms with van der Waals surface area (Å²) in [7, 11) is 1.57. The Balaban J connectivity index is 2.15. The Morgan fingerprint density at radius 3 is 2.25 bits per heavy atom. The maximum atomic E-state index is 13.1. The third kappa shape index (κ3) is 6.97. The van der Waals surface area contributed by atoms with Crippen LogP contribution in [0.25, 0.3) is 0 Å². The highest BCUT2D eigenvalue weighted by atomic mass is 35.5. The summed E-state index contributed by atoms with van der Waals surface area (Å²) in [5.74, 6) is -0.420. The van der Waals surface area contributed by atoms with Gasteiger partial charge in [0.2, 0.25) is 5.91 Å². The quantitative estimate of drug-likeness (QED) is 0.513. The van der Waals surface area contributed by atoms with Crippen molar-refractivity contribution in [3.05, 3.63) is 58.6 Å². The molecule has 174 valence electrons. The van der Waals surface area contributed by atoms with Gasteiger partial charge in [0.05, 0.1) is 17.3 Å². The first-order chi connectivity index (χ1) is 15.0. The summed E-state index contributed by atoms with van der Waals surface area (Å²) in [6.45, 7) is 10.8. The number of rotatable bonds is 9. The summed E-state index contributed by atoms with van der Waals surface area (Å²) in [4.78, 5) is 25.9. The largest absolute Gasteiger partial charge is 0.487 e. The number of nitrogens with one attached hydrogen (secondary N) is 2. The molecule has 2 N–H and O–H groups in total. The van der Waals surface area contributed by atoms with Gasteiger partial charge >= 0.3 is 0 Å². The van der Waals surface area contributed by atoms with Gasteiger partial charge in [-0.2, -0.15) is 0 Å². The van der Waals surface area contributed by atoms with E-state index in [1.54, 1.807) is 37.4 Å². The fourth-order valence-corrected chi connectivity index (χ4v) is 3.30. The van der Waals surface area contributed by atoms with Gasteiger partial charge in [-0.15, -0.1) is 0 Å². The summed E-state index contributed by atoms with van der Waals surface area (Å²) >= 11 is 6.26. The first-order valence-corrected chi connectivity index (χ1v) is 11.0. The smallest absolute Gasteiger partial charge is 0.251 e. The van der Waals surface area contributed by atoms with Gasteiger partial charge in [-0.3, -0.25) is 9.59 Å². The van der Waals surface area contributed by atoms with E-state index in [0.29, 0.717) is 28.6 Å². The van der Waals surface area contributed by atoms with E-state index in [0.717, 1.165) is 5.56 Å². The topological polar surface area (TPSA) is 76.7 Å². The predicted octanol–water partition coefficient (Wildman–Crippen LogP) is 5.06. The number of halogens is 1. The first kappa shape index (κ1) is 25.7. The van der Waals surface area contributed by atoms with Crippen LogP contribution in [0.3, 0.4) is 0 Å². The number of benzene rings is 2. The van der Waals surface area contributed by atoms with Crippen LogP contribution in [0.1, 0.15) is 50.5 Å². The summed E-state index contributed by atoms with van der Waals surface area (Å²) in [6, 6.07) is 11.8. The Hall–Kier alpha value is -2.57. The second-order valence-electron chi connectivity index (χ2n) is 8.97. The molecular formula is C25H33ClN2O4. The zero-order chi connectivity index (χ0) is 23.9. The molecule has 2 aromatic carbocycles. The molecule has 2 amide bonds. The van der Waals surface area contributed by atoms with Gasteiger partial charge in [-0.1, -0.05) is 64.4 Å². The zero-order valence-electron chi connectivity index (χ0n) is 19.6. The lowest BCUT2D eigenvalue weighted by Gasteiger charge is -2.23. The summed E-state index contributed by atoms with van der Waals surface area (Å²) in [6.07, 6.45) is 0. The van der Waals surface area contributed by atoms with E-state index in [1.165, 1.54) is 0 Å². The first-order valence-electron chi connectivity index (χ1n) is 10.7. The van der Waals surface area contributed by atoms with Crippen molar-refractivity contribution in [1.29, 1.82) is 0 Å². The fourth-order valence-electron chi connectivity index (χ4n) is 3.07. The van der Waals surface area contributed by atoms with E-state index < -0.39 is 6.04 Å². The van der Waals surface area contributed by atoms with Gasteiger partial charge in [0.15, 0.2) is 5.75 Å². The minimum absolute atomic E-state index is 0.00461. The van der Waals surface area contributed by atoms with Crippen LogP contribution in [0.5, 0.6) is 5.75 Å². The normalized spacial score (nSPS) is 12.4.